The molecule has 4 heteroatoms. The number of morpholine rings is 1. The van der Waals surface area contributed by atoms with Crippen LogP contribution in [0.1, 0.15) is 48.0 Å². The molecule has 18 heavy (non-hydrogen) atoms. The number of nitrogens with zero attached hydrogens (tertiary/aromatic N) is 1. The Labute approximate surface area is 111 Å². The van der Waals surface area contributed by atoms with Crippen molar-refractivity contribution < 1.29 is 9.84 Å². The van der Waals surface area contributed by atoms with E-state index in [0.717, 1.165) is 19.5 Å². The zero-order valence-electron chi connectivity index (χ0n) is 12.8. The first-order valence-corrected chi connectivity index (χ1v) is 6.80. The molecule has 2 atom stereocenters. The van der Waals surface area contributed by atoms with Crippen molar-refractivity contribution in [2.45, 2.75) is 70.7 Å². The number of ether oxygens (including phenoxy) is 1. The Balaban J connectivity index is 2.71. The molecular weight excluding hydrogens is 228 g/mol. The first kappa shape index (κ1) is 15.9. The third-order valence-corrected chi connectivity index (χ3v) is 3.47. The fourth-order valence-corrected chi connectivity index (χ4v) is 3.03. The van der Waals surface area contributed by atoms with Crippen LogP contribution >= 0.6 is 0 Å². The van der Waals surface area contributed by atoms with Crippen LogP contribution < -0.4 is 5.73 Å². The van der Waals surface area contributed by atoms with Crippen LogP contribution in [0.25, 0.3) is 0 Å². The highest BCUT2D eigenvalue weighted by molar-refractivity contribution is 4.93. The van der Waals surface area contributed by atoms with Crippen LogP contribution in [0.15, 0.2) is 0 Å². The average Bonchev–Trinajstić information content (AvgIpc) is 2.12. The molecule has 0 aliphatic carbocycles. The molecule has 1 fully saturated rings. The molecule has 2 unspecified atom stereocenters. The van der Waals surface area contributed by atoms with Gasteiger partial charge in [0.25, 0.3) is 0 Å². The summed E-state index contributed by atoms with van der Waals surface area (Å²) < 4.78 is 6.08. The van der Waals surface area contributed by atoms with Crippen molar-refractivity contribution in [2.24, 2.45) is 5.73 Å². The summed E-state index contributed by atoms with van der Waals surface area (Å²) in [5.41, 5.74) is 5.27. The van der Waals surface area contributed by atoms with Crippen LogP contribution in [0, 0.1) is 0 Å². The quantitative estimate of drug-likeness (QED) is 0.799. The summed E-state index contributed by atoms with van der Waals surface area (Å²) in [6, 6.07) is 0.342. The minimum atomic E-state index is -0.508. The van der Waals surface area contributed by atoms with Gasteiger partial charge in [0.05, 0.1) is 17.8 Å². The van der Waals surface area contributed by atoms with E-state index in [1.165, 1.54) is 0 Å². The lowest BCUT2D eigenvalue weighted by molar-refractivity contribution is -0.187. The SMILES string of the molecule is CC(CC(C)(N)CO)N1CC(C)(C)OC(C)(C)C1. The molecule has 3 N–H and O–H groups in total. The number of aliphatic hydroxyl groups excluding tert-OH is 1. The molecule has 0 aromatic heterocycles. The maximum atomic E-state index is 9.28. The fourth-order valence-electron chi connectivity index (χ4n) is 3.03. The van der Waals surface area contributed by atoms with E-state index in [1.807, 2.05) is 6.92 Å². The third-order valence-electron chi connectivity index (χ3n) is 3.47. The van der Waals surface area contributed by atoms with Gasteiger partial charge in [0.2, 0.25) is 0 Å². The standard InChI is InChI=1S/C14H30N2O2/c1-11(7-14(6,15)10-17)16-8-12(2,3)18-13(4,5)9-16/h11,17H,7-10,15H2,1-6H3. The summed E-state index contributed by atoms with van der Waals surface area (Å²) >= 11 is 0. The van der Waals surface area contributed by atoms with Crippen molar-refractivity contribution in [1.29, 1.82) is 0 Å². The first-order chi connectivity index (χ1) is 7.96. The van der Waals surface area contributed by atoms with Crippen LogP contribution in [0.2, 0.25) is 0 Å². The van der Waals surface area contributed by atoms with Gasteiger partial charge in [0.1, 0.15) is 0 Å². The van der Waals surface area contributed by atoms with Gasteiger partial charge in [-0.2, -0.15) is 0 Å². The van der Waals surface area contributed by atoms with Gasteiger partial charge in [-0.15, -0.1) is 0 Å². The minimum Gasteiger partial charge on any atom is -0.394 e. The van der Waals surface area contributed by atoms with Crippen LogP contribution in [-0.2, 0) is 4.74 Å². The molecule has 108 valence electrons. The highest BCUT2D eigenvalue weighted by Crippen LogP contribution is 2.30. The van der Waals surface area contributed by atoms with Gasteiger partial charge in [0, 0.05) is 24.7 Å². The van der Waals surface area contributed by atoms with Gasteiger partial charge < -0.3 is 15.6 Å². The number of nitrogens with two attached hydrogens (primary N) is 1. The van der Waals surface area contributed by atoms with Gasteiger partial charge in [-0.05, 0) is 48.0 Å². The molecule has 0 aromatic carbocycles. The van der Waals surface area contributed by atoms with E-state index in [1.54, 1.807) is 0 Å². The van der Waals surface area contributed by atoms with Crippen molar-refractivity contribution in [1.82, 2.24) is 4.90 Å². The highest BCUT2D eigenvalue weighted by Gasteiger charge is 2.40. The molecule has 1 heterocycles. The van der Waals surface area contributed by atoms with Gasteiger partial charge in [-0.3, -0.25) is 4.90 Å². The Morgan fingerprint density at radius 2 is 1.72 bits per heavy atom. The number of rotatable bonds is 4. The third kappa shape index (κ3) is 4.50. The second kappa shape index (κ2) is 5.08. The van der Waals surface area contributed by atoms with Crippen LogP contribution in [-0.4, -0.2) is 52.5 Å². The van der Waals surface area contributed by atoms with Crippen molar-refractivity contribution in [3.8, 4) is 0 Å². The second-order valence-corrected chi connectivity index (χ2v) is 7.39. The predicted octanol–water partition coefficient (Wildman–Crippen LogP) is 1.36. The zero-order chi connectivity index (χ0) is 14.2. The molecule has 0 aromatic rings. The van der Waals surface area contributed by atoms with Crippen LogP contribution in [0.5, 0.6) is 0 Å². The van der Waals surface area contributed by atoms with E-state index >= 15 is 0 Å². The monoisotopic (exact) mass is 258 g/mol. The summed E-state index contributed by atoms with van der Waals surface area (Å²) in [5, 5.41) is 9.28. The molecule has 0 saturated carbocycles. The largest absolute Gasteiger partial charge is 0.394 e. The van der Waals surface area contributed by atoms with Crippen molar-refractivity contribution in [3.05, 3.63) is 0 Å². The number of hydrogen-bond acceptors (Lipinski definition) is 4. The molecule has 1 rings (SSSR count). The average molecular weight is 258 g/mol. The van der Waals surface area contributed by atoms with Crippen molar-refractivity contribution >= 4 is 0 Å². The predicted molar refractivity (Wildman–Crippen MR) is 74.6 cm³/mol. The van der Waals surface area contributed by atoms with Gasteiger partial charge in [0.15, 0.2) is 0 Å². The number of hydrogen-bond donors (Lipinski definition) is 2. The second-order valence-electron chi connectivity index (χ2n) is 7.39. The lowest BCUT2D eigenvalue weighted by atomic mass is 9.91. The lowest BCUT2D eigenvalue weighted by Gasteiger charge is -2.50. The zero-order valence-corrected chi connectivity index (χ0v) is 12.8. The van der Waals surface area contributed by atoms with Gasteiger partial charge >= 0.3 is 0 Å². The van der Waals surface area contributed by atoms with Crippen LogP contribution in [0.4, 0.5) is 0 Å². The summed E-state index contributed by atoms with van der Waals surface area (Å²) in [6.45, 7) is 14.4. The topological polar surface area (TPSA) is 58.7 Å². The Hall–Kier alpha value is -0.160. The summed E-state index contributed by atoms with van der Waals surface area (Å²) in [4.78, 5) is 2.42. The van der Waals surface area contributed by atoms with E-state index < -0.39 is 5.54 Å². The molecule has 0 amide bonds. The number of aliphatic hydroxyl groups is 1. The van der Waals surface area contributed by atoms with E-state index in [-0.39, 0.29) is 17.8 Å². The molecule has 0 spiro atoms. The Morgan fingerprint density at radius 3 is 2.11 bits per heavy atom. The normalized spacial score (nSPS) is 28.7. The maximum absolute atomic E-state index is 9.28. The summed E-state index contributed by atoms with van der Waals surface area (Å²) in [7, 11) is 0. The Bertz CT molecular complexity index is 272. The van der Waals surface area contributed by atoms with E-state index in [2.05, 4.69) is 39.5 Å². The molecule has 1 aliphatic rings. The summed E-state index contributed by atoms with van der Waals surface area (Å²) in [6.07, 6.45) is 0.787. The Kier molecular flexibility index (Phi) is 4.49. The van der Waals surface area contributed by atoms with Crippen molar-refractivity contribution in [2.75, 3.05) is 19.7 Å². The molecule has 1 saturated heterocycles. The maximum Gasteiger partial charge on any atom is 0.0760 e. The fraction of sp³-hybridized carbons (Fsp3) is 1.00. The molecule has 0 bridgehead atoms. The van der Waals surface area contributed by atoms with Gasteiger partial charge in [-0.25, -0.2) is 0 Å². The molecule has 0 radical (unpaired) electrons. The smallest absolute Gasteiger partial charge is 0.0760 e. The van der Waals surface area contributed by atoms with E-state index in [9.17, 15) is 5.11 Å². The lowest BCUT2D eigenvalue weighted by Crippen LogP contribution is -2.60. The van der Waals surface area contributed by atoms with Gasteiger partial charge in [-0.1, -0.05) is 0 Å². The first-order valence-electron chi connectivity index (χ1n) is 6.80. The van der Waals surface area contributed by atoms with Crippen LogP contribution in [0.3, 0.4) is 0 Å². The summed E-state index contributed by atoms with van der Waals surface area (Å²) in [5.74, 6) is 0. The Morgan fingerprint density at radius 1 is 1.28 bits per heavy atom. The molecule has 4 nitrogen and oxygen atoms in total. The molecule has 1 aliphatic heterocycles. The highest BCUT2D eigenvalue weighted by atomic mass is 16.5. The minimum absolute atomic E-state index is 0.0223. The van der Waals surface area contributed by atoms with Crippen molar-refractivity contribution in [3.63, 3.8) is 0 Å². The van der Waals surface area contributed by atoms with E-state index in [0.29, 0.717) is 6.04 Å². The molecular formula is C14H30N2O2. The van der Waals surface area contributed by atoms with E-state index in [4.69, 9.17) is 10.5 Å².